The van der Waals surface area contributed by atoms with Crippen LogP contribution in [0.1, 0.15) is 38.5 Å². The second-order valence-corrected chi connectivity index (χ2v) is 4.74. The Morgan fingerprint density at radius 2 is 2.00 bits per heavy atom. The van der Waals surface area contributed by atoms with E-state index in [0.29, 0.717) is 0 Å². The van der Waals surface area contributed by atoms with E-state index in [2.05, 4.69) is 5.32 Å². The Labute approximate surface area is 68.6 Å². The van der Waals surface area contributed by atoms with Gasteiger partial charge < -0.3 is 5.32 Å². The van der Waals surface area contributed by atoms with Gasteiger partial charge in [-0.25, -0.2) is 0 Å². The van der Waals surface area contributed by atoms with Crippen LogP contribution in [0.5, 0.6) is 0 Å². The molecular weight excluding hydrogens is 134 g/mol. The number of fused-ring (bicyclic) bond motifs is 2. The SMILES string of the molecule is C1CC2CCNC2C2(C1)CC2. The molecule has 62 valence electrons. The molecule has 2 aliphatic carbocycles. The van der Waals surface area contributed by atoms with Gasteiger partial charge in [0.05, 0.1) is 0 Å². The quantitative estimate of drug-likeness (QED) is 0.558. The number of rotatable bonds is 0. The molecule has 0 aromatic heterocycles. The molecule has 1 aliphatic heterocycles. The van der Waals surface area contributed by atoms with Gasteiger partial charge in [-0.3, -0.25) is 0 Å². The van der Waals surface area contributed by atoms with Crippen LogP contribution in [0.4, 0.5) is 0 Å². The fraction of sp³-hybridized carbons (Fsp3) is 1.00. The fourth-order valence-electron chi connectivity index (χ4n) is 3.38. The Kier molecular flexibility index (Phi) is 1.18. The van der Waals surface area contributed by atoms with Crippen LogP contribution in [0.3, 0.4) is 0 Å². The monoisotopic (exact) mass is 151 g/mol. The predicted octanol–water partition coefficient (Wildman–Crippen LogP) is 1.93. The lowest BCUT2D eigenvalue weighted by atomic mass is 9.75. The Morgan fingerprint density at radius 3 is 2.82 bits per heavy atom. The highest BCUT2D eigenvalue weighted by atomic mass is 15.0. The molecule has 2 atom stereocenters. The normalized spacial score (nSPS) is 45.8. The van der Waals surface area contributed by atoms with Crippen molar-refractivity contribution in [2.75, 3.05) is 6.54 Å². The smallest absolute Gasteiger partial charge is 0.0152 e. The molecule has 0 amide bonds. The van der Waals surface area contributed by atoms with Gasteiger partial charge in [-0.05, 0) is 50.0 Å². The highest BCUT2D eigenvalue weighted by Gasteiger charge is 2.54. The Bertz CT molecular complexity index is 172. The molecule has 0 aromatic carbocycles. The third-order valence-corrected chi connectivity index (χ3v) is 4.15. The summed E-state index contributed by atoms with van der Waals surface area (Å²) >= 11 is 0. The zero-order valence-electron chi connectivity index (χ0n) is 7.10. The van der Waals surface area contributed by atoms with E-state index < -0.39 is 0 Å². The maximum atomic E-state index is 3.71. The number of nitrogens with one attached hydrogen (secondary N) is 1. The molecule has 0 bridgehead atoms. The van der Waals surface area contributed by atoms with Crippen LogP contribution < -0.4 is 5.32 Å². The fourth-order valence-corrected chi connectivity index (χ4v) is 3.38. The molecule has 1 saturated heterocycles. The van der Waals surface area contributed by atoms with Crippen molar-refractivity contribution in [2.24, 2.45) is 11.3 Å². The molecule has 2 saturated carbocycles. The van der Waals surface area contributed by atoms with E-state index in [9.17, 15) is 0 Å². The van der Waals surface area contributed by atoms with Gasteiger partial charge in [-0.15, -0.1) is 0 Å². The van der Waals surface area contributed by atoms with Crippen LogP contribution in [-0.4, -0.2) is 12.6 Å². The summed E-state index contributed by atoms with van der Waals surface area (Å²) in [6.07, 6.45) is 9.08. The van der Waals surface area contributed by atoms with Gasteiger partial charge in [0.15, 0.2) is 0 Å². The molecule has 2 unspecified atom stereocenters. The summed E-state index contributed by atoms with van der Waals surface area (Å²) in [6.45, 7) is 1.30. The summed E-state index contributed by atoms with van der Waals surface area (Å²) in [5.74, 6) is 1.06. The summed E-state index contributed by atoms with van der Waals surface area (Å²) in [5.41, 5.74) is 0.819. The van der Waals surface area contributed by atoms with Crippen molar-refractivity contribution >= 4 is 0 Å². The highest BCUT2D eigenvalue weighted by Crippen LogP contribution is 2.59. The molecule has 1 heteroatoms. The van der Waals surface area contributed by atoms with E-state index in [1.807, 2.05) is 0 Å². The first-order valence-electron chi connectivity index (χ1n) is 5.14. The predicted molar refractivity (Wildman–Crippen MR) is 45.4 cm³/mol. The van der Waals surface area contributed by atoms with Gasteiger partial charge in [0.25, 0.3) is 0 Å². The van der Waals surface area contributed by atoms with E-state index in [4.69, 9.17) is 0 Å². The second kappa shape index (κ2) is 2.01. The van der Waals surface area contributed by atoms with Crippen molar-refractivity contribution in [2.45, 2.75) is 44.6 Å². The maximum absolute atomic E-state index is 3.71. The van der Waals surface area contributed by atoms with Crippen molar-refractivity contribution in [1.29, 1.82) is 0 Å². The van der Waals surface area contributed by atoms with E-state index in [1.165, 1.54) is 45.1 Å². The summed E-state index contributed by atoms with van der Waals surface area (Å²) in [4.78, 5) is 0. The van der Waals surface area contributed by atoms with Crippen LogP contribution in [-0.2, 0) is 0 Å². The van der Waals surface area contributed by atoms with Gasteiger partial charge in [0, 0.05) is 6.04 Å². The van der Waals surface area contributed by atoms with Crippen LogP contribution in [0, 0.1) is 11.3 Å². The molecular formula is C10H17N. The summed E-state index contributed by atoms with van der Waals surface area (Å²) in [7, 11) is 0. The summed E-state index contributed by atoms with van der Waals surface area (Å²) < 4.78 is 0. The average Bonchev–Trinajstić information content (AvgIpc) is 2.63. The summed E-state index contributed by atoms with van der Waals surface area (Å²) in [5, 5.41) is 3.71. The topological polar surface area (TPSA) is 12.0 Å². The van der Waals surface area contributed by atoms with Crippen molar-refractivity contribution in [3.8, 4) is 0 Å². The minimum Gasteiger partial charge on any atom is -0.313 e. The van der Waals surface area contributed by atoms with Crippen molar-refractivity contribution in [1.82, 2.24) is 5.32 Å². The highest BCUT2D eigenvalue weighted by molar-refractivity contribution is 5.08. The molecule has 0 aromatic rings. The van der Waals surface area contributed by atoms with Crippen LogP contribution in [0.25, 0.3) is 0 Å². The van der Waals surface area contributed by atoms with Crippen LogP contribution >= 0.6 is 0 Å². The van der Waals surface area contributed by atoms with Gasteiger partial charge in [0.1, 0.15) is 0 Å². The minimum atomic E-state index is 0.819. The molecule has 1 nitrogen and oxygen atoms in total. The van der Waals surface area contributed by atoms with Crippen LogP contribution in [0.15, 0.2) is 0 Å². The number of hydrogen-bond acceptors (Lipinski definition) is 1. The van der Waals surface area contributed by atoms with Gasteiger partial charge in [-0.1, -0.05) is 6.42 Å². The Morgan fingerprint density at radius 1 is 1.09 bits per heavy atom. The molecule has 3 aliphatic rings. The maximum Gasteiger partial charge on any atom is 0.0152 e. The van der Waals surface area contributed by atoms with E-state index in [-0.39, 0.29) is 0 Å². The average molecular weight is 151 g/mol. The van der Waals surface area contributed by atoms with E-state index >= 15 is 0 Å². The van der Waals surface area contributed by atoms with E-state index in [0.717, 1.165) is 17.4 Å². The zero-order valence-corrected chi connectivity index (χ0v) is 7.10. The third-order valence-electron chi connectivity index (χ3n) is 4.15. The van der Waals surface area contributed by atoms with Gasteiger partial charge >= 0.3 is 0 Å². The van der Waals surface area contributed by atoms with Crippen molar-refractivity contribution in [3.63, 3.8) is 0 Å². The summed E-state index contributed by atoms with van der Waals surface area (Å²) in [6, 6.07) is 0.941. The van der Waals surface area contributed by atoms with Crippen LogP contribution in [0.2, 0.25) is 0 Å². The lowest BCUT2D eigenvalue weighted by molar-refractivity contribution is 0.209. The second-order valence-electron chi connectivity index (χ2n) is 4.74. The molecule has 3 fully saturated rings. The lowest BCUT2D eigenvalue weighted by Crippen LogP contribution is -2.39. The molecule has 1 spiro atoms. The standard InChI is InChI=1S/C10H17N/c1-2-8-3-7-11-9(8)10(4-1)5-6-10/h8-9,11H,1-7H2. The van der Waals surface area contributed by atoms with Crippen molar-refractivity contribution < 1.29 is 0 Å². The van der Waals surface area contributed by atoms with Gasteiger partial charge in [0.2, 0.25) is 0 Å². The first-order valence-corrected chi connectivity index (χ1v) is 5.14. The zero-order chi connectivity index (χ0) is 7.31. The first-order chi connectivity index (χ1) is 5.41. The molecule has 11 heavy (non-hydrogen) atoms. The first kappa shape index (κ1) is 6.47. The lowest BCUT2D eigenvalue weighted by Gasteiger charge is -2.33. The largest absolute Gasteiger partial charge is 0.313 e. The van der Waals surface area contributed by atoms with Gasteiger partial charge in [-0.2, -0.15) is 0 Å². The molecule has 1 heterocycles. The van der Waals surface area contributed by atoms with E-state index in [1.54, 1.807) is 0 Å². The molecule has 3 rings (SSSR count). The molecule has 1 N–H and O–H groups in total. The molecule has 0 radical (unpaired) electrons. The number of hydrogen-bond donors (Lipinski definition) is 1. The third kappa shape index (κ3) is 0.807. The Hall–Kier alpha value is -0.0400. The Balaban J connectivity index is 1.85. The minimum absolute atomic E-state index is 0.819. The van der Waals surface area contributed by atoms with Crippen molar-refractivity contribution in [3.05, 3.63) is 0 Å².